The number of aromatic nitrogens is 4. The number of Topliss-reactive ketones (excluding diaryl/α,β-unsaturated/α-hetero) is 1. The van der Waals surface area contributed by atoms with Crippen LogP contribution in [0, 0.1) is 41.4 Å². The number of carbonyl (C=O) groups is 4. The highest BCUT2D eigenvalue weighted by Gasteiger charge is 2.57. The molecule has 2 aromatic heterocycles. The number of hydrogen-bond acceptors (Lipinski definition) is 8. The summed E-state index contributed by atoms with van der Waals surface area (Å²) >= 11 is 0. The fourth-order valence-corrected chi connectivity index (χ4v) is 8.40. The van der Waals surface area contributed by atoms with Crippen molar-refractivity contribution in [3.63, 3.8) is 0 Å². The Morgan fingerprint density at radius 1 is 0.855 bits per heavy atom. The number of fused-ring (bicyclic) bond motifs is 2. The normalized spacial score (nSPS) is 22.5. The monoisotopic (exact) mass is 747 g/mol. The number of imidazole rings is 2. The second-order valence-corrected chi connectivity index (χ2v) is 15.7. The van der Waals surface area contributed by atoms with E-state index in [-0.39, 0.29) is 41.4 Å². The molecule has 1 aliphatic heterocycles. The highest BCUT2D eigenvalue weighted by molar-refractivity contribution is 5.91. The van der Waals surface area contributed by atoms with E-state index in [1.165, 1.54) is 14.2 Å². The van der Waals surface area contributed by atoms with Gasteiger partial charge < -0.3 is 35.0 Å². The SMILES string of the molecule is COC(=O)N[C@H](C(=O)C1C[C@@H]2C[C@@H]2[C@H]1c1nc2cc(C#Cc3ccc(-c4c[nH]c([C@@H]5CCCN5C(=O)[C@@H](NC(=O)OC)C(C)C)n4)cc3)ccc2[nH]1)C(C)C. The molecule has 7 rings (SSSR count). The molecule has 7 atom stereocenters. The topological polar surface area (TPSA) is 171 Å². The van der Waals surface area contributed by atoms with Crippen molar-refractivity contribution < 1.29 is 28.7 Å². The first-order chi connectivity index (χ1) is 26.4. The summed E-state index contributed by atoms with van der Waals surface area (Å²) in [5.74, 6) is 8.48. The molecule has 1 saturated heterocycles. The molecule has 2 aromatic carbocycles. The summed E-state index contributed by atoms with van der Waals surface area (Å²) in [6, 6.07) is 12.3. The number of H-pyrrole nitrogens is 2. The van der Waals surface area contributed by atoms with Crippen molar-refractivity contribution in [1.82, 2.24) is 35.5 Å². The van der Waals surface area contributed by atoms with Gasteiger partial charge in [-0.15, -0.1) is 0 Å². The van der Waals surface area contributed by atoms with Crippen LogP contribution in [-0.4, -0.2) is 81.6 Å². The molecule has 0 radical (unpaired) electrons. The number of benzene rings is 2. The van der Waals surface area contributed by atoms with E-state index in [4.69, 9.17) is 19.4 Å². The second kappa shape index (κ2) is 15.6. The Morgan fingerprint density at radius 3 is 2.22 bits per heavy atom. The zero-order chi connectivity index (χ0) is 39.0. The van der Waals surface area contributed by atoms with Gasteiger partial charge in [-0.1, -0.05) is 51.7 Å². The van der Waals surface area contributed by atoms with E-state index in [0.717, 1.165) is 64.9 Å². The summed E-state index contributed by atoms with van der Waals surface area (Å²) in [6.45, 7) is 8.25. The number of hydrogen-bond donors (Lipinski definition) is 4. The average Bonchev–Trinajstić information content (AvgIpc) is 3.68. The van der Waals surface area contributed by atoms with E-state index < -0.39 is 24.3 Å². The maximum Gasteiger partial charge on any atom is 0.407 e. The van der Waals surface area contributed by atoms with Gasteiger partial charge in [0.2, 0.25) is 5.91 Å². The van der Waals surface area contributed by atoms with Crippen LogP contribution in [0.15, 0.2) is 48.7 Å². The number of nitrogens with one attached hydrogen (secondary N) is 4. The number of ether oxygens (including phenoxy) is 2. The minimum atomic E-state index is -0.691. The summed E-state index contributed by atoms with van der Waals surface area (Å²) in [5, 5.41) is 5.45. The quantitative estimate of drug-likeness (QED) is 0.141. The molecule has 2 saturated carbocycles. The third-order valence-electron chi connectivity index (χ3n) is 11.4. The zero-order valence-electron chi connectivity index (χ0n) is 32.1. The highest BCUT2D eigenvalue weighted by Crippen LogP contribution is 2.62. The lowest BCUT2D eigenvalue weighted by atomic mass is 9.81. The maximum atomic E-state index is 13.8. The van der Waals surface area contributed by atoms with Crippen LogP contribution >= 0.6 is 0 Å². The van der Waals surface area contributed by atoms with Crippen molar-refractivity contribution in [2.75, 3.05) is 20.8 Å². The minimum Gasteiger partial charge on any atom is -0.453 e. The van der Waals surface area contributed by atoms with Gasteiger partial charge in [0.15, 0.2) is 5.78 Å². The number of alkyl carbamates (subject to hydrolysis) is 2. The number of ketones is 1. The third-order valence-corrected chi connectivity index (χ3v) is 11.4. The smallest absolute Gasteiger partial charge is 0.407 e. The lowest BCUT2D eigenvalue weighted by molar-refractivity contribution is -0.135. The molecular formula is C42H49N7O6. The molecule has 0 spiro atoms. The Hall–Kier alpha value is -5.64. The number of amides is 3. The first-order valence-electron chi connectivity index (χ1n) is 19.2. The van der Waals surface area contributed by atoms with E-state index in [9.17, 15) is 19.2 Å². The Balaban J connectivity index is 1.02. The lowest BCUT2D eigenvalue weighted by Gasteiger charge is -2.29. The predicted molar refractivity (Wildman–Crippen MR) is 206 cm³/mol. The van der Waals surface area contributed by atoms with Gasteiger partial charge in [0, 0.05) is 41.3 Å². The number of carbonyl (C=O) groups excluding carboxylic acids is 4. The summed E-state index contributed by atoms with van der Waals surface area (Å²) in [7, 11) is 2.59. The molecule has 4 aromatic rings. The number of nitrogens with zero attached hydrogens (tertiary/aromatic N) is 3. The summed E-state index contributed by atoms with van der Waals surface area (Å²) < 4.78 is 9.55. The Bertz CT molecular complexity index is 2140. The van der Waals surface area contributed by atoms with E-state index in [2.05, 4.69) is 32.4 Å². The number of methoxy groups -OCH3 is 2. The van der Waals surface area contributed by atoms with Crippen molar-refractivity contribution >= 4 is 34.9 Å². The molecule has 3 amide bonds. The largest absolute Gasteiger partial charge is 0.453 e. The number of rotatable bonds is 10. The van der Waals surface area contributed by atoms with Gasteiger partial charge in [-0.3, -0.25) is 9.59 Å². The first-order valence-corrected chi connectivity index (χ1v) is 19.2. The molecule has 3 aliphatic rings. The van der Waals surface area contributed by atoms with Crippen LogP contribution in [0.2, 0.25) is 0 Å². The van der Waals surface area contributed by atoms with Crippen molar-refractivity contribution in [1.29, 1.82) is 0 Å². The van der Waals surface area contributed by atoms with Crippen LogP contribution in [-0.2, 0) is 19.1 Å². The van der Waals surface area contributed by atoms with Crippen molar-refractivity contribution in [2.24, 2.45) is 29.6 Å². The molecular weight excluding hydrogens is 699 g/mol. The van der Waals surface area contributed by atoms with Gasteiger partial charge >= 0.3 is 12.2 Å². The Labute approximate surface area is 320 Å². The Morgan fingerprint density at radius 2 is 1.53 bits per heavy atom. The van der Waals surface area contributed by atoms with Crippen LogP contribution < -0.4 is 10.6 Å². The predicted octanol–water partition coefficient (Wildman–Crippen LogP) is 6.09. The summed E-state index contributed by atoms with van der Waals surface area (Å²) in [6.07, 6.45) is 4.15. The van der Waals surface area contributed by atoms with Gasteiger partial charge in [-0.2, -0.15) is 0 Å². The van der Waals surface area contributed by atoms with E-state index in [1.807, 2.05) is 76.4 Å². The average molecular weight is 748 g/mol. The number of likely N-dealkylation sites (tertiary alicyclic amines) is 1. The van der Waals surface area contributed by atoms with Crippen LogP contribution in [0.1, 0.15) is 88.1 Å². The molecule has 1 unspecified atom stereocenters. The third kappa shape index (κ3) is 7.81. The molecule has 3 heterocycles. The summed E-state index contributed by atoms with van der Waals surface area (Å²) in [5.41, 5.74) is 5.06. The van der Waals surface area contributed by atoms with Crippen molar-refractivity contribution in [3.05, 3.63) is 71.4 Å². The summed E-state index contributed by atoms with van der Waals surface area (Å²) in [4.78, 5) is 69.7. The molecule has 2 aliphatic carbocycles. The highest BCUT2D eigenvalue weighted by atomic mass is 16.5. The molecule has 13 nitrogen and oxygen atoms in total. The molecule has 55 heavy (non-hydrogen) atoms. The van der Waals surface area contributed by atoms with Gasteiger partial charge in [-0.05, 0) is 79.7 Å². The number of aromatic amines is 2. The van der Waals surface area contributed by atoms with E-state index >= 15 is 0 Å². The lowest BCUT2D eigenvalue weighted by Crippen LogP contribution is -2.51. The van der Waals surface area contributed by atoms with Crippen LogP contribution in [0.5, 0.6) is 0 Å². The maximum absolute atomic E-state index is 13.8. The van der Waals surface area contributed by atoms with Crippen molar-refractivity contribution in [2.45, 2.75) is 77.4 Å². The zero-order valence-corrected chi connectivity index (χ0v) is 32.1. The van der Waals surface area contributed by atoms with Gasteiger partial charge in [0.1, 0.15) is 17.7 Å². The standard InChI is InChI=1S/C42H49N7O6/c1-22(2)35(47-41(52)54-5)37(50)29-20-27-19-28(27)34(29)39-44-30-16-13-25(18-31(30)45-39)10-9-24-11-14-26(15-12-24)32-21-43-38(46-32)33-8-7-17-49(33)40(51)36(23(3)4)48-42(53)55-6/h11-16,18,21-23,27-29,33-36H,7-8,17,19-20H2,1-6H3,(H,43,46)(H,44,45)(H,47,52)(H,48,53)/t27-,28-,29?,33-,34+,35-,36-/m0/s1. The molecule has 288 valence electrons. The second-order valence-electron chi connectivity index (χ2n) is 15.7. The first kappa shape index (κ1) is 37.7. The van der Waals surface area contributed by atoms with E-state index in [1.54, 1.807) is 4.90 Å². The van der Waals surface area contributed by atoms with Gasteiger partial charge in [0.25, 0.3) is 0 Å². The Kier molecular flexibility index (Phi) is 10.7. The van der Waals surface area contributed by atoms with Crippen LogP contribution in [0.25, 0.3) is 22.3 Å². The fraction of sp³-hybridized carbons (Fsp3) is 0.476. The fourth-order valence-electron chi connectivity index (χ4n) is 8.40. The van der Waals surface area contributed by atoms with E-state index in [0.29, 0.717) is 24.2 Å². The molecule has 0 bridgehead atoms. The van der Waals surface area contributed by atoms with Crippen LogP contribution in [0.4, 0.5) is 9.59 Å². The minimum absolute atomic E-state index is 0.0172. The molecule has 4 N–H and O–H groups in total. The van der Waals surface area contributed by atoms with Gasteiger partial charge in [-0.25, -0.2) is 19.6 Å². The molecule has 3 fully saturated rings. The van der Waals surface area contributed by atoms with Gasteiger partial charge in [0.05, 0.1) is 43.0 Å². The van der Waals surface area contributed by atoms with Crippen molar-refractivity contribution in [3.8, 4) is 23.1 Å². The molecule has 13 heteroatoms. The van der Waals surface area contributed by atoms with Crippen LogP contribution in [0.3, 0.4) is 0 Å².